The average Bonchev–Trinajstić information content (AvgIpc) is 3.32. The lowest BCUT2D eigenvalue weighted by molar-refractivity contribution is -0.136. The second-order valence-corrected chi connectivity index (χ2v) is 7.84. The van der Waals surface area contributed by atoms with Gasteiger partial charge >= 0.3 is 0 Å². The maximum Gasteiger partial charge on any atom is 0.231 e. The third-order valence-corrected chi connectivity index (χ3v) is 5.65. The number of halogens is 1. The van der Waals surface area contributed by atoms with Crippen molar-refractivity contribution in [2.45, 2.75) is 19.9 Å². The van der Waals surface area contributed by atoms with E-state index in [2.05, 4.69) is 15.9 Å². The van der Waals surface area contributed by atoms with Crippen LogP contribution in [0, 0.1) is 5.92 Å². The van der Waals surface area contributed by atoms with Crippen LogP contribution >= 0.6 is 15.9 Å². The number of hydrogen-bond donors (Lipinski definition) is 0. The van der Waals surface area contributed by atoms with Crippen molar-refractivity contribution < 1.29 is 19.1 Å². The van der Waals surface area contributed by atoms with Crippen LogP contribution < -0.4 is 14.4 Å². The Morgan fingerprint density at radius 3 is 2.68 bits per heavy atom. The Kier molecular flexibility index (Phi) is 5.26. The summed E-state index contributed by atoms with van der Waals surface area (Å²) in [5.41, 5.74) is 1.80. The Bertz CT molecular complexity index is 900. The number of rotatable bonds is 5. The van der Waals surface area contributed by atoms with Gasteiger partial charge in [0.05, 0.1) is 5.92 Å². The van der Waals surface area contributed by atoms with E-state index in [0.29, 0.717) is 25.4 Å². The Balaban J connectivity index is 1.45. The van der Waals surface area contributed by atoms with E-state index in [4.69, 9.17) is 9.47 Å². The highest BCUT2D eigenvalue weighted by Crippen LogP contribution is 2.33. The lowest BCUT2D eigenvalue weighted by atomic mass is 10.1. The highest BCUT2D eigenvalue weighted by molar-refractivity contribution is 9.10. The molecule has 2 amide bonds. The van der Waals surface area contributed by atoms with E-state index in [-0.39, 0.29) is 30.9 Å². The molecule has 28 heavy (non-hydrogen) atoms. The minimum Gasteiger partial charge on any atom is -0.454 e. The van der Waals surface area contributed by atoms with E-state index in [1.54, 1.807) is 9.80 Å². The summed E-state index contributed by atoms with van der Waals surface area (Å²) in [4.78, 5) is 29.0. The number of hydrogen-bond acceptors (Lipinski definition) is 4. The minimum absolute atomic E-state index is 0.00753. The number of fused-ring (bicyclic) bond motifs is 1. The van der Waals surface area contributed by atoms with Crippen LogP contribution in [-0.4, -0.2) is 36.6 Å². The van der Waals surface area contributed by atoms with Crippen molar-refractivity contribution in [3.8, 4) is 11.5 Å². The first kappa shape index (κ1) is 18.8. The third kappa shape index (κ3) is 3.71. The third-order valence-electron chi connectivity index (χ3n) is 5.12. The summed E-state index contributed by atoms with van der Waals surface area (Å²) in [6, 6.07) is 13.3. The molecule has 2 aromatic carbocycles. The molecule has 1 fully saturated rings. The van der Waals surface area contributed by atoms with Crippen LogP contribution in [0.15, 0.2) is 46.9 Å². The van der Waals surface area contributed by atoms with Crippen molar-refractivity contribution in [3.05, 3.63) is 52.5 Å². The van der Waals surface area contributed by atoms with Gasteiger partial charge < -0.3 is 19.3 Å². The number of benzene rings is 2. The number of ether oxygens (including phenoxy) is 2. The molecule has 7 heteroatoms. The summed E-state index contributed by atoms with van der Waals surface area (Å²) >= 11 is 3.40. The molecule has 0 radical (unpaired) electrons. The quantitative estimate of drug-likeness (QED) is 0.706. The van der Waals surface area contributed by atoms with E-state index in [9.17, 15) is 9.59 Å². The lowest BCUT2D eigenvalue weighted by Gasteiger charge is -2.24. The van der Waals surface area contributed by atoms with Crippen molar-refractivity contribution in [1.82, 2.24) is 4.90 Å². The molecule has 1 saturated heterocycles. The number of carbonyl (C=O) groups is 2. The molecular weight excluding hydrogens is 424 g/mol. The Labute approximate surface area is 172 Å². The van der Waals surface area contributed by atoms with Gasteiger partial charge in [-0.2, -0.15) is 0 Å². The van der Waals surface area contributed by atoms with Gasteiger partial charge in [-0.15, -0.1) is 0 Å². The molecule has 2 aliphatic rings. The maximum absolute atomic E-state index is 13.1. The summed E-state index contributed by atoms with van der Waals surface area (Å²) in [5.74, 6) is 1.10. The zero-order valence-electron chi connectivity index (χ0n) is 15.6. The van der Waals surface area contributed by atoms with Crippen LogP contribution in [0.2, 0.25) is 0 Å². The molecule has 146 valence electrons. The Morgan fingerprint density at radius 1 is 1.18 bits per heavy atom. The van der Waals surface area contributed by atoms with Gasteiger partial charge in [0.25, 0.3) is 0 Å². The molecule has 2 aromatic rings. The largest absolute Gasteiger partial charge is 0.454 e. The molecule has 0 spiro atoms. The van der Waals surface area contributed by atoms with Crippen molar-refractivity contribution in [2.24, 2.45) is 5.92 Å². The van der Waals surface area contributed by atoms with E-state index in [0.717, 1.165) is 21.5 Å². The zero-order chi connectivity index (χ0) is 19.7. The first-order valence-electron chi connectivity index (χ1n) is 9.28. The monoisotopic (exact) mass is 444 g/mol. The van der Waals surface area contributed by atoms with Crippen LogP contribution in [0.25, 0.3) is 0 Å². The molecule has 6 nitrogen and oxygen atoms in total. The summed E-state index contributed by atoms with van der Waals surface area (Å²) in [7, 11) is 0. The normalized spacial score (nSPS) is 17.9. The fourth-order valence-electron chi connectivity index (χ4n) is 3.61. The summed E-state index contributed by atoms with van der Waals surface area (Å²) < 4.78 is 11.7. The lowest BCUT2D eigenvalue weighted by Crippen LogP contribution is -2.37. The predicted octanol–water partition coefficient (Wildman–Crippen LogP) is 3.58. The predicted molar refractivity (Wildman–Crippen MR) is 108 cm³/mol. The van der Waals surface area contributed by atoms with Crippen LogP contribution in [0.4, 0.5) is 5.69 Å². The van der Waals surface area contributed by atoms with E-state index < -0.39 is 0 Å². The van der Waals surface area contributed by atoms with E-state index in [1.807, 2.05) is 49.4 Å². The summed E-state index contributed by atoms with van der Waals surface area (Å²) in [6.45, 7) is 3.65. The van der Waals surface area contributed by atoms with Crippen LogP contribution in [0.1, 0.15) is 18.9 Å². The van der Waals surface area contributed by atoms with E-state index >= 15 is 0 Å². The zero-order valence-corrected chi connectivity index (χ0v) is 17.1. The molecule has 0 saturated carbocycles. The van der Waals surface area contributed by atoms with Crippen molar-refractivity contribution in [3.63, 3.8) is 0 Å². The molecule has 2 heterocycles. The van der Waals surface area contributed by atoms with Gasteiger partial charge in [0.1, 0.15) is 0 Å². The molecule has 1 unspecified atom stereocenters. The van der Waals surface area contributed by atoms with Gasteiger partial charge in [0, 0.05) is 36.2 Å². The minimum atomic E-state index is -0.329. The van der Waals surface area contributed by atoms with Gasteiger partial charge in [-0.3, -0.25) is 9.59 Å². The SMILES string of the molecule is CCN(Cc1ccc2c(c1)OCO2)C(=O)C1CC(=O)N(c2ccc(Br)cc2)C1. The molecule has 0 aliphatic carbocycles. The van der Waals surface area contributed by atoms with Crippen molar-refractivity contribution in [1.29, 1.82) is 0 Å². The van der Waals surface area contributed by atoms with Crippen LogP contribution in [-0.2, 0) is 16.1 Å². The van der Waals surface area contributed by atoms with E-state index in [1.165, 1.54) is 0 Å². The Hall–Kier alpha value is -2.54. The van der Waals surface area contributed by atoms with Crippen LogP contribution in [0.3, 0.4) is 0 Å². The first-order chi connectivity index (χ1) is 13.5. The molecule has 0 N–H and O–H groups in total. The van der Waals surface area contributed by atoms with Crippen molar-refractivity contribution in [2.75, 3.05) is 24.8 Å². The topological polar surface area (TPSA) is 59.1 Å². The fraction of sp³-hybridized carbons (Fsp3) is 0.333. The maximum atomic E-state index is 13.1. The highest BCUT2D eigenvalue weighted by Gasteiger charge is 2.37. The van der Waals surface area contributed by atoms with Gasteiger partial charge in [-0.25, -0.2) is 0 Å². The molecule has 1 atom stereocenters. The van der Waals surface area contributed by atoms with Gasteiger partial charge in [-0.1, -0.05) is 22.0 Å². The summed E-state index contributed by atoms with van der Waals surface area (Å²) in [5, 5.41) is 0. The second-order valence-electron chi connectivity index (χ2n) is 6.92. The first-order valence-corrected chi connectivity index (χ1v) is 10.1. The molecular formula is C21H21BrN2O4. The Morgan fingerprint density at radius 2 is 1.93 bits per heavy atom. The fourth-order valence-corrected chi connectivity index (χ4v) is 3.87. The van der Waals surface area contributed by atoms with Gasteiger partial charge in [0.2, 0.25) is 18.6 Å². The number of anilines is 1. The number of nitrogens with zero attached hydrogens (tertiary/aromatic N) is 2. The second kappa shape index (κ2) is 7.83. The standard InChI is InChI=1S/C21H21BrN2O4/c1-2-23(11-14-3-8-18-19(9-14)28-13-27-18)21(26)15-10-20(25)24(12-15)17-6-4-16(22)5-7-17/h3-9,15H,2,10-13H2,1H3. The molecule has 2 aliphatic heterocycles. The van der Waals surface area contributed by atoms with Crippen molar-refractivity contribution >= 4 is 33.4 Å². The average molecular weight is 445 g/mol. The highest BCUT2D eigenvalue weighted by atomic mass is 79.9. The molecule has 0 aromatic heterocycles. The van der Waals surface area contributed by atoms with Gasteiger partial charge in [0.15, 0.2) is 11.5 Å². The molecule has 4 rings (SSSR count). The number of amides is 2. The van der Waals surface area contributed by atoms with Crippen LogP contribution in [0.5, 0.6) is 11.5 Å². The number of carbonyl (C=O) groups excluding carboxylic acids is 2. The molecule has 0 bridgehead atoms. The summed E-state index contributed by atoms with van der Waals surface area (Å²) in [6.07, 6.45) is 0.243. The van der Waals surface area contributed by atoms with Gasteiger partial charge in [-0.05, 0) is 48.9 Å². The smallest absolute Gasteiger partial charge is 0.231 e.